The molecule has 1 aromatic rings. The Morgan fingerprint density at radius 1 is 1.17 bits per heavy atom. The molecule has 164 valence electrons. The van der Waals surface area contributed by atoms with Crippen molar-refractivity contribution >= 4 is 17.3 Å². The molecule has 2 fully saturated rings. The van der Waals surface area contributed by atoms with Gasteiger partial charge in [-0.25, -0.2) is 0 Å². The Morgan fingerprint density at radius 2 is 1.97 bits per heavy atom. The predicted octanol–water partition coefficient (Wildman–Crippen LogP) is 3.05. The van der Waals surface area contributed by atoms with E-state index in [2.05, 4.69) is 37.6 Å². The van der Waals surface area contributed by atoms with Crippen molar-refractivity contribution < 1.29 is 9.47 Å². The third-order valence-corrected chi connectivity index (χ3v) is 6.88. The quantitative estimate of drug-likeness (QED) is 0.377. The van der Waals surface area contributed by atoms with E-state index in [1.165, 1.54) is 30.8 Å². The van der Waals surface area contributed by atoms with Gasteiger partial charge in [-0.05, 0) is 62.6 Å². The molecule has 6 nitrogen and oxygen atoms in total. The smallest absolute Gasteiger partial charge is 0.193 e. The van der Waals surface area contributed by atoms with Crippen LogP contribution in [-0.2, 0) is 16.0 Å². The molecule has 29 heavy (non-hydrogen) atoms. The first kappa shape index (κ1) is 22.5. The van der Waals surface area contributed by atoms with Gasteiger partial charge < -0.3 is 19.7 Å². The molecule has 0 amide bonds. The largest absolute Gasteiger partial charge is 0.385 e. The Labute approximate surface area is 180 Å². The first-order chi connectivity index (χ1) is 14.3. The summed E-state index contributed by atoms with van der Waals surface area (Å²) in [6, 6.07) is 4.40. The molecule has 7 heteroatoms. The first-order valence-corrected chi connectivity index (χ1v) is 12.0. The van der Waals surface area contributed by atoms with Crippen LogP contribution in [0.4, 0.5) is 0 Å². The average molecular weight is 423 g/mol. The van der Waals surface area contributed by atoms with E-state index in [1.807, 2.05) is 18.4 Å². The number of hydrogen-bond acceptors (Lipinski definition) is 5. The van der Waals surface area contributed by atoms with Crippen LogP contribution in [0.25, 0.3) is 0 Å². The minimum Gasteiger partial charge on any atom is -0.385 e. The van der Waals surface area contributed by atoms with E-state index in [0.29, 0.717) is 6.10 Å². The Kier molecular flexibility index (Phi) is 9.73. The van der Waals surface area contributed by atoms with Crippen LogP contribution in [0.2, 0.25) is 0 Å². The number of nitrogens with zero attached hydrogens (tertiary/aromatic N) is 3. The maximum absolute atomic E-state index is 5.98. The molecule has 3 heterocycles. The average Bonchev–Trinajstić information content (AvgIpc) is 3.27. The summed E-state index contributed by atoms with van der Waals surface area (Å²) in [4.78, 5) is 11.0. The fourth-order valence-corrected chi connectivity index (χ4v) is 4.97. The van der Waals surface area contributed by atoms with E-state index < -0.39 is 0 Å². The molecular weight excluding hydrogens is 384 g/mol. The van der Waals surface area contributed by atoms with Crippen molar-refractivity contribution in [1.29, 1.82) is 0 Å². The summed E-state index contributed by atoms with van der Waals surface area (Å²) >= 11 is 1.87. The van der Waals surface area contributed by atoms with E-state index in [4.69, 9.17) is 9.47 Å². The molecule has 0 aromatic carbocycles. The second-order valence-corrected chi connectivity index (χ2v) is 9.16. The monoisotopic (exact) mass is 422 g/mol. The SMILES string of the molecule is CN=C(NCC1CCN(Cc2cccs2)CC1)N1CCC(OCCCOC)CC1. The molecule has 0 spiro atoms. The van der Waals surface area contributed by atoms with Gasteiger partial charge in [-0.3, -0.25) is 9.89 Å². The number of thiophene rings is 1. The van der Waals surface area contributed by atoms with Gasteiger partial charge in [0.15, 0.2) is 5.96 Å². The lowest BCUT2D eigenvalue weighted by Crippen LogP contribution is -2.48. The second-order valence-electron chi connectivity index (χ2n) is 8.13. The lowest BCUT2D eigenvalue weighted by Gasteiger charge is -2.36. The number of piperidine rings is 2. The van der Waals surface area contributed by atoms with Gasteiger partial charge in [0.25, 0.3) is 0 Å². The van der Waals surface area contributed by atoms with E-state index in [-0.39, 0.29) is 0 Å². The van der Waals surface area contributed by atoms with Crippen LogP contribution < -0.4 is 5.32 Å². The summed E-state index contributed by atoms with van der Waals surface area (Å²) in [5.74, 6) is 1.80. The van der Waals surface area contributed by atoms with Gasteiger partial charge in [0.1, 0.15) is 0 Å². The predicted molar refractivity (Wildman–Crippen MR) is 121 cm³/mol. The summed E-state index contributed by atoms with van der Waals surface area (Å²) in [6.45, 7) is 8.18. The molecule has 1 aromatic heterocycles. The summed E-state index contributed by atoms with van der Waals surface area (Å²) in [6.07, 6.45) is 6.06. The normalized spacial score (nSPS) is 20.3. The second kappa shape index (κ2) is 12.5. The zero-order valence-electron chi connectivity index (χ0n) is 18.1. The molecule has 2 aliphatic heterocycles. The highest BCUT2D eigenvalue weighted by Gasteiger charge is 2.24. The molecular formula is C22H38N4O2S. The van der Waals surface area contributed by atoms with Gasteiger partial charge in [0.05, 0.1) is 6.10 Å². The molecule has 3 rings (SSSR count). The number of guanidine groups is 1. The molecule has 0 atom stereocenters. The Hall–Kier alpha value is -1.15. The summed E-state index contributed by atoms with van der Waals surface area (Å²) in [5, 5.41) is 5.82. The molecule has 0 bridgehead atoms. The maximum atomic E-state index is 5.98. The number of ether oxygens (including phenoxy) is 2. The number of aliphatic imine (C=N–C) groups is 1. The van der Waals surface area contributed by atoms with Crippen molar-refractivity contribution in [3.05, 3.63) is 22.4 Å². The molecule has 0 radical (unpaired) electrons. The van der Waals surface area contributed by atoms with Crippen molar-refractivity contribution in [3.63, 3.8) is 0 Å². The van der Waals surface area contributed by atoms with E-state index in [1.54, 1.807) is 7.11 Å². The van der Waals surface area contributed by atoms with Crippen LogP contribution in [0.5, 0.6) is 0 Å². The third-order valence-electron chi connectivity index (χ3n) is 6.02. The van der Waals surface area contributed by atoms with Crippen LogP contribution in [0.15, 0.2) is 22.5 Å². The van der Waals surface area contributed by atoms with Crippen LogP contribution in [0, 0.1) is 5.92 Å². The minimum absolute atomic E-state index is 0.383. The third kappa shape index (κ3) is 7.55. The highest BCUT2D eigenvalue weighted by molar-refractivity contribution is 7.09. The van der Waals surface area contributed by atoms with Crippen LogP contribution in [0.3, 0.4) is 0 Å². The fourth-order valence-electron chi connectivity index (χ4n) is 4.23. The highest BCUT2D eigenvalue weighted by atomic mass is 32.1. The zero-order chi connectivity index (χ0) is 20.3. The van der Waals surface area contributed by atoms with Crippen molar-refractivity contribution in [1.82, 2.24) is 15.1 Å². The summed E-state index contributed by atoms with van der Waals surface area (Å²) in [5.41, 5.74) is 0. The molecule has 1 N–H and O–H groups in total. The Morgan fingerprint density at radius 3 is 2.62 bits per heavy atom. The van der Waals surface area contributed by atoms with Crippen LogP contribution >= 0.6 is 11.3 Å². The van der Waals surface area contributed by atoms with Crippen molar-refractivity contribution in [3.8, 4) is 0 Å². The maximum Gasteiger partial charge on any atom is 0.193 e. The number of rotatable bonds is 9. The summed E-state index contributed by atoms with van der Waals surface area (Å²) < 4.78 is 11.1. The summed E-state index contributed by atoms with van der Waals surface area (Å²) in [7, 11) is 3.64. The lowest BCUT2D eigenvalue weighted by atomic mass is 9.97. The highest BCUT2D eigenvalue weighted by Crippen LogP contribution is 2.20. The number of nitrogens with one attached hydrogen (secondary N) is 1. The minimum atomic E-state index is 0.383. The standard InChI is InChI=1S/C22H38N4O2S/c1-23-22(26-12-8-20(9-13-26)28-15-4-14-27-2)24-17-19-6-10-25(11-7-19)18-21-5-3-16-29-21/h3,5,16,19-20H,4,6-15,17-18H2,1-2H3,(H,23,24). The van der Waals surface area contributed by atoms with E-state index >= 15 is 0 Å². The van der Waals surface area contributed by atoms with E-state index in [9.17, 15) is 0 Å². The number of likely N-dealkylation sites (tertiary alicyclic amines) is 2. The molecule has 0 aliphatic carbocycles. The van der Waals surface area contributed by atoms with E-state index in [0.717, 1.165) is 70.5 Å². The molecule has 0 unspecified atom stereocenters. The Balaban J connectivity index is 1.31. The van der Waals surface area contributed by atoms with Gasteiger partial charge in [-0.1, -0.05) is 6.07 Å². The van der Waals surface area contributed by atoms with Gasteiger partial charge in [-0.15, -0.1) is 11.3 Å². The van der Waals surface area contributed by atoms with Crippen molar-refractivity contribution in [2.75, 3.05) is 60.1 Å². The fraction of sp³-hybridized carbons (Fsp3) is 0.773. The number of hydrogen-bond donors (Lipinski definition) is 1. The van der Waals surface area contributed by atoms with Crippen molar-refractivity contribution in [2.24, 2.45) is 10.9 Å². The van der Waals surface area contributed by atoms with Crippen LogP contribution in [-0.4, -0.2) is 82.0 Å². The lowest BCUT2D eigenvalue weighted by molar-refractivity contribution is 0.00986. The Bertz CT molecular complexity index is 580. The molecule has 0 saturated carbocycles. The molecule has 2 saturated heterocycles. The zero-order valence-corrected chi connectivity index (χ0v) is 19.0. The van der Waals surface area contributed by atoms with Gasteiger partial charge >= 0.3 is 0 Å². The first-order valence-electron chi connectivity index (χ1n) is 11.1. The molecule has 2 aliphatic rings. The van der Waals surface area contributed by atoms with Crippen LogP contribution in [0.1, 0.15) is 37.0 Å². The van der Waals surface area contributed by atoms with Gasteiger partial charge in [0, 0.05) is 58.4 Å². The van der Waals surface area contributed by atoms with Crippen molar-refractivity contribution in [2.45, 2.75) is 44.8 Å². The van der Waals surface area contributed by atoms with Gasteiger partial charge in [-0.2, -0.15) is 0 Å². The van der Waals surface area contributed by atoms with Gasteiger partial charge in [0.2, 0.25) is 0 Å². The number of methoxy groups -OCH3 is 1. The topological polar surface area (TPSA) is 49.3 Å².